The van der Waals surface area contributed by atoms with Crippen molar-refractivity contribution in [3.63, 3.8) is 0 Å². The predicted molar refractivity (Wildman–Crippen MR) is 92.4 cm³/mol. The van der Waals surface area contributed by atoms with E-state index < -0.39 is 0 Å². The molecule has 0 bridgehead atoms. The summed E-state index contributed by atoms with van der Waals surface area (Å²) in [6.45, 7) is 11.6. The van der Waals surface area contributed by atoms with Gasteiger partial charge in [0.05, 0.1) is 6.61 Å². The van der Waals surface area contributed by atoms with Crippen molar-refractivity contribution >= 4 is 5.96 Å². The minimum Gasteiger partial charge on any atom is -0.381 e. The molecule has 2 unspecified atom stereocenters. The Morgan fingerprint density at radius 2 is 2.09 bits per heavy atom. The van der Waals surface area contributed by atoms with Gasteiger partial charge in [0.25, 0.3) is 0 Å². The average molecular weight is 310 g/mol. The third-order valence-corrected chi connectivity index (χ3v) is 5.01. The first-order chi connectivity index (χ1) is 10.8. The Hall–Kier alpha value is -0.810. The van der Waals surface area contributed by atoms with Crippen LogP contribution < -0.4 is 5.32 Å². The molecule has 0 aliphatic carbocycles. The zero-order valence-electron chi connectivity index (χ0n) is 14.7. The van der Waals surface area contributed by atoms with Crippen molar-refractivity contribution in [2.24, 2.45) is 10.9 Å². The smallest absolute Gasteiger partial charge is 0.193 e. The van der Waals surface area contributed by atoms with Gasteiger partial charge >= 0.3 is 0 Å². The van der Waals surface area contributed by atoms with Gasteiger partial charge in [-0.2, -0.15) is 0 Å². The molecule has 2 saturated heterocycles. The highest BCUT2D eigenvalue weighted by Crippen LogP contribution is 2.18. The zero-order valence-corrected chi connectivity index (χ0v) is 14.7. The molecule has 1 N–H and O–H groups in total. The lowest BCUT2D eigenvalue weighted by Gasteiger charge is -2.35. The fourth-order valence-corrected chi connectivity index (χ4v) is 3.69. The summed E-state index contributed by atoms with van der Waals surface area (Å²) >= 11 is 0. The lowest BCUT2D eigenvalue weighted by molar-refractivity contribution is 0.114. The van der Waals surface area contributed by atoms with Crippen LogP contribution in [0.2, 0.25) is 0 Å². The van der Waals surface area contributed by atoms with E-state index in [1.807, 2.05) is 7.05 Å². The molecule has 0 radical (unpaired) electrons. The molecule has 2 aliphatic heterocycles. The number of aliphatic imine (C=N–C) groups is 1. The van der Waals surface area contributed by atoms with Crippen LogP contribution in [-0.4, -0.2) is 74.8 Å². The molecule has 2 fully saturated rings. The van der Waals surface area contributed by atoms with Crippen molar-refractivity contribution in [1.82, 2.24) is 15.1 Å². The number of rotatable bonds is 6. The van der Waals surface area contributed by atoms with E-state index in [2.05, 4.69) is 34.0 Å². The molecule has 5 nitrogen and oxygen atoms in total. The first-order valence-corrected chi connectivity index (χ1v) is 9.05. The van der Waals surface area contributed by atoms with Crippen molar-refractivity contribution in [1.29, 1.82) is 0 Å². The summed E-state index contributed by atoms with van der Waals surface area (Å²) in [4.78, 5) is 9.49. The van der Waals surface area contributed by atoms with E-state index in [9.17, 15) is 0 Å². The van der Waals surface area contributed by atoms with E-state index in [1.54, 1.807) is 0 Å². The van der Waals surface area contributed by atoms with E-state index in [-0.39, 0.29) is 0 Å². The number of hydrogen-bond acceptors (Lipinski definition) is 3. The number of hydrogen-bond donors (Lipinski definition) is 1. The van der Waals surface area contributed by atoms with Gasteiger partial charge < -0.3 is 15.0 Å². The van der Waals surface area contributed by atoms with Gasteiger partial charge in [-0.25, -0.2) is 0 Å². The van der Waals surface area contributed by atoms with Crippen LogP contribution in [0.1, 0.15) is 39.5 Å². The van der Waals surface area contributed by atoms with Crippen molar-refractivity contribution < 1.29 is 4.74 Å². The molecule has 5 heteroatoms. The second kappa shape index (κ2) is 9.36. The molecule has 0 aromatic heterocycles. The molecule has 22 heavy (non-hydrogen) atoms. The summed E-state index contributed by atoms with van der Waals surface area (Å²) in [5, 5.41) is 3.62. The standard InChI is InChI=1S/C17H34N4O/c1-4-20-10-7-6-8-16(20)12-19-17(18-3)21-11-9-15(13-21)14-22-5-2/h15-16H,4-14H2,1-3H3,(H,18,19). The molecule has 2 aliphatic rings. The summed E-state index contributed by atoms with van der Waals surface area (Å²) in [5.41, 5.74) is 0. The highest BCUT2D eigenvalue weighted by atomic mass is 16.5. The van der Waals surface area contributed by atoms with Gasteiger partial charge in [0.2, 0.25) is 0 Å². The number of piperidine rings is 1. The largest absolute Gasteiger partial charge is 0.381 e. The van der Waals surface area contributed by atoms with Crippen LogP contribution in [0.25, 0.3) is 0 Å². The number of nitrogens with one attached hydrogen (secondary N) is 1. The van der Waals surface area contributed by atoms with Gasteiger partial charge in [-0.05, 0) is 39.3 Å². The van der Waals surface area contributed by atoms with Crippen molar-refractivity contribution in [3.8, 4) is 0 Å². The van der Waals surface area contributed by atoms with Crippen molar-refractivity contribution in [2.75, 3.05) is 53.0 Å². The number of ether oxygens (including phenoxy) is 1. The third kappa shape index (κ3) is 4.85. The lowest BCUT2D eigenvalue weighted by atomic mass is 10.0. The van der Waals surface area contributed by atoms with Gasteiger partial charge in [-0.3, -0.25) is 9.89 Å². The topological polar surface area (TPSA) is 40.1 Å². The number of likely N-dealkylation sites (tertiary alicyclic amines) is 2. The Kier molecular flexibility index (Phi) is 7.46. The van der Waals surface area contributed by atoms with Gasteiger partial charge in [0.1, 0.15) is 0 Å². The van der Waals surface area contributed by atoms with Crippen LogP contribution in [0.3, 0.4) is 0 Å². The lowest BCUT2D eigenvalue weighted by Crippen LogP contribution is -2.49. The maximum Gasteiger partial charge on any atom is 0.193 e. The number of nitrogens with zero attached hydrogens (tertiary/aromatic N) is 3. The molecule has 0 saturated carbocycles. The summed E-state index contributed by atoms with van der Waals surface area (Å²) in [6, 6.07) is 0.664. The molecule has 2 atom stereocenters. The van der Waals surface area contributed by atoms with E-state index >= 15 is 0 Å². The highest BCUT2D eigenvalue weighted by Gasteiger charge is 2.26. The van der Waals surface area contributed by atoms with E-state index in [0.29, 0.717) is 12.0 Å². The van der Waals surface area contributed by atoms with Crippen LogP contribution in [0.15, 0.2) is 4.99 Å². The van der Waals surface area contributed by atoms with Crippen molar-refractivity contribution in [3.05, 3.63) is 0 Å². The van der Waals surface area contributed by atoms with Gasteiger partial charge in [0, 0.05) is 45.2 Å². The van der Waals surface area contributed by atoms with Crippen LogP contribution in [-0.2, 0) is 4.74 Å². The minimum absolute atomic E-state index is 0.653. The van der Waals surface area contributed by atoms with Crippen LogP contribution in [0.5, 0.6) is 0 Å². The van der Waals surface area contributed by atoms with Crippen LogP contribution in [0, 0.1) is 5.92 Å². The predicted octanol–water partition coefficient (Wildman–Crippen LogP) is 1.79. The van der Waals surface area contributed by atoms with Crippen LogP contribution in [0.4, 0.5) is 0 Å². The summed E-state index contributed by atoms with van der Waals surface area (Å²) < 4.78 is 5.57. The average Bonchev–Trinajstić information content (AvgIpc) is 3.02. The monoisotopic (exact) mass is 310 g/mol. The SMILES string of the molecule is CCOCC1CCN(C(=NC)NCC2CCCCN2CC)C1. The Morgan fingerprint density at radius 1 is 1.23 bits per heavy atom. The van der Waals surface area contributed by atoms with Crippen molar-refractivity contribution in [2.45, 2.75) is 45.6 Å². The third-order valence-electron chi connectivity index (χ3n) is 5.01. The molecule has 0 aromatic rings. The molecule has 0 amide bonds. The fraction of sp³-hybridized carbons (Fsp3) is 0.941. The minimum atomic E-state index is 0.653. The highest BCUT2D eigenvalue weighted by molar-refractivity contribution is 5.80. The zero-order chi connectivity index (χ0) is 15.8. The summed E-state index contributed by atoms with van der Waals surface area (Å²) in [5.74, 6) is 1.72. The summed E-state index contributed by atoms with van der Waals surface area (Å²) in [7, 11) is 1.90. The molecule has 0 spiro atoms. The quantitative estimate of drug-likeness (QED) is 0.600. The maximum atomic E-state index is 5.57. The number of guanidine groups is 1. The molecule has 2 rings (SSSR count). The maximum absolute atomic E-state index is 5.57. The van der Waals surface area contributed by atoms with E-state index in [0.717, 1.165) is 45.4 Å². The van der Waals surface area contributed by atoms with E-state index in [4.69, 9.17) is 4.74 Å². The van der Waals surface area contributed by atoms with E-state index in [1.165, 1.54) is 32.2 Å². The molecular weight excluding hydrogens is 276 g/mol. The molecule has 2 heterocycles. The number of likely N-dealkylation sites (N-methyl/N-ethyl adjacent to an activating group) is 1. The Bertz CT molecular complexity index is 348. The Balaban J connectivity index is 1.78. The molecule has 128 valence electrons. The van der Waals surface area contributed by atoms with Gasteiger partial charge in [0.15, 0.2) is 5.96 Å². The van der Waals surface area contributed by atoms with Gasteiger partial charge in [-0.15, -0.1) is 0 Å². The summed E-state index contributed by atoms with van der Waals surface area (Å²) in [6.07, 6.45) is 5.24. The fourth-order valence-electron chi connectivity index (χ4n) is 3.69. The molecule has 0 aromatic carbocycles. The first kappa shape index (κ1) is 17.5. The second-order valence-electron chi connectivity index (χ2n) is 6.47. The van der Waals surface area contributed by atoms with Crippen LogP contribution >= 0.6 is 0 Å². The Morgan fingerprint density at radius 3 is 2.82 bits per heavy atom. The van der Waals surface area contributed by atoms with Gasteiger partial charge in [-0.1, -0.05) is 13.3 Å². The first-order valence-electron chi connectivity index (χ1n) is 9.05. The Labute approximate surface area is 136 Å². The second-order valence-corrected chi connectivity index (χ2v) is 6.47. The molecular formula is C17H34N4O. The normalized spacial score (nSPS) is 27.4.